The molecule has 0 saturated heterocycles. The summed E-state index contributed by atoms with van der Waals surface area (Å²) in [5.41, 5.74) is 12.5. The van der Waals surface area contributed by atoms with Crippen molar-refractivity contribution in [2.75, 3.05) is 0 Å². The highest BCUT2D eigenvalue weighted by Crippen LogP contribution is 2.48. The van der Waals surface area contributed by atoms with Crippen LogP contribution >= 0.6 is 0 Å². The first-order chi connectivity index (χ1) is 25.4. The second-order valence-corrected chi connectivity index (χ2v) is 15.1. The van der Waals surface area contributed by atoms with Crippen LogP contribution in [0.2, 0.25) is 0 Å². The smallest absolute Gasteiger partial charge is 0.207 e. The molecule has 8 rings (SSSR count). The number of rotatable bonds is 8. The molecule has 0 saturated carbocycles. The molecule has 0 bridgehead atoms. The minimum Gasteiger partial charge on any atom is -0.253 e. The quantitative estimate of drug-likeness (QED) is 0.149. The molecule has 0 amide bonds. The van der Waals surface area contributed by atoms with E-state index in [2.05, 4.69) is 97.9 Å². The summed E-state index contributed by atoms with van der Waals surface area (Å²) >= 11 is 0. The van der Waals surface area contributed by atoms with Gasteiger partial charge in [-0.1, -0.05) is 171 Å². The number of aliphatic imine (C=N–C) groups is 1. The largest absolute Gasteiger partial charge is 0.253 e. The van der Waals surface area contributed by atoms with Crippen LogP contribution in [0.5, 0.6) is 0 Å². The third kappa shape index (κ3) is 6.34. The van der Waals surface area contributed by atoms with Crippen molar-refractivity contribution in [1.82, 2.24) is 0 Å². The lowest BCUT2D eigenvalue weighted by molar-refractivity contribution is 0.598. The van der Waals surface area contributed by atoms with Crippen LogP contribution in [-0.4, -0.2) is 14.1 Å². The van der Waals surface area contributed by atoms with Crippen LogP contribution in [0.15, 0.2) is 197 Å². The van der Waals surface area contributed by atoms with Gasteiger partial charge in [0.15, 0.2) is 0 Å². The normalized spacial score (nSPS) is 14.0. The summed E-state index contributed by atoms with van der Waals surface area (Å²) in [4.78, 5) is 5.93. The van der Waals surface area contributed by atoms with Crippen molar-refractivity contribution in [3.63, 3.8) is 0 Å². The van der Waals surface area contributed by atoms with Gasteiger partial charge < -0.3 is 0 Å². The molecule has 3 nitrogen and oxygen atoms in total. The monoisotopic (exact) mass is 691 g/mol. The van der Waals surface area contributed by atoms with Crippen molar-refractivity contribution < 1.29 is 8.42 Å². The predicted molar refractivity (Wildman–Crippen MR) is 215 cm³/mol. The predicted octanol–water partition coefficient (Wildman–Crippen LogP) is 12.2. The number of hydrogen-bond donors (Lipinski definition) is 0. The van der Waals surface area contributed by atoms with Crippen molar-refractivity contribution in [3.8, 4) is 44.5 Å². The summed E-state index contributed by atoms with van der Waals surface area (Å²) in [6, 6.07) is 59.1. The highest BCUT2D eigenvalue weighted by Gasteiger charge is 2.35. The first kappa shape index (κ1) is 33.1. The fraction of sp³-hybridized carbons (Fsp3) is 0.0625. The standard InChI is InChI=1S/C48H37NO2S/c1-33(35-13-6-3-7-14-35)31-45(49-34(2)36-21-23-39(24-22-36)37-15-8-4-9-16-37)43-19-12-20-47-48(43)44-32-42(29-30-46(44)52(47,50)51)41-27-25-40(26-28-41)38-17-10-5-11-18-38/h3-33H,1-2H3/b45-31-,49-34?. The van der Waals surface area contributed by atoms with Crippen molar-refractivity contribution >= 4 is 21.2 Å². The molecule has 0 fully saturated rings. The van der Waals surface area contributed by atoms with Gasteiger partial charge in [-0.3, -0.25) is 4.99 Å². The van der Waals surface area contributed by atoms with Gasteiger partial charge in [-0.25, -0.2) is 8.42 Å². The van der Waals surface area contributed by atoms with Crippen LogP contribution in [-0.2, 0) is 9.84 Å². The van der Waals surface area contributed by atoms with Crippen molar-refractivity contribution in [2.45, 2.75) is 29.6 Å². The Bertz CT molecular complexity index is 2560. The molecule has 1 unspecified atom stereocenters. The molecule has 1 heterocycles. The zero-order valence-electron chi connectivity index (χ0n) is 29.1. The van der Waals surface area contributed by atoms with Crippen LogP contribution in [0.1, 0.15) is 36.5 Å². The van der Waals surface area contributed by atoms with Gasteiger partial charge in [0.2, 0.25) is 9.84 Å². The Morgan fingerprint density at radius 1 is 0.538 bits per heavy atom. The lowest BCUT2D eigenvalue weighted by Crippen LogP contribution is -2.00. The molecule has 1 atom stereocenters. The van der Waals surface area contributed by atoms with E-state index in [4.69, 9.17) is 4.99 Å². The topological polar surface area (TPSA) is 46.5 Å². The Hall–Kier alpha value is -6.10. The van der Waals surface area contributed by atoms with Crippen molar-refractivity contribution in [1.29, 1.82) is 0 Å². The highest BCUT2D eigenvalue weighted by atomic mass is 32.2. The number of fused-ring (bicyclic) bond motifs is 3. The van der Waals surface area contributed by atoms with Crippen LogP contribution in [0.25, 0.3) is 50.2 Å². The summed E-state index contributed by atoms with van der Waals surface area (Å²) in [6.45, 7) is 4.17. The molecule has 1 aliphatic rings. The minimum absolute atomic E-state index is 0.0241. The van der Waals surface area contributed by atoms with Crippen molar-refractivity contribution in [3.05, 3.63) is 199 Å². The van der Waals surface area contributed by atoms with Crippen LogP contribution in [0.3, 0.4) is 0 Å². The zero-order chi connectivity index (χ0) is 35.7. The van der Waals surface area contributed by atoms with E-state index < -0.39 is 9.84 Å². The van der Waals surface area contributed by atoms with Gasteiger partial charge >= 0.3 is 0 Å². The van der Waals surface area contributed by atoms with Gasteiger partial charge in [-0.15, -0.1) is 0 Å². The summed E-state index contributed by atoms with van der Waals surface area (Å²) in [6.07, 6.45) is 2.16. The number of nitrogens with zero attached hydrogens (tertiary/aromatic N) is 1. The molecule has 0 aliphatic carbocycles. The molecule has 0 aromatic heterocycles. The molecule has 7 aromatic carbocycles. The number of sulfone groups is 1. The molecule has 0 radical (unpaired) electrons. The minimum atomic E-state index is -3.73. The first-order valence-corrected chi connectivity index (χ1v) is 19.0. The Morgan fingerprint density at radius 2 is 1.04 bits per heavy atom. The van der Waals surface area contributed by atoms with Crippen LogP contribution in [0.4, 0.5) is 0 Å². The average Bonchev–Trinajstić information content (AvgIpc) is 3.44. The first-order valence-electron chi connectivity index (χ1n) is 17.5. The maximum Gasteiger partial charge on any atom is 0.207 e. The van der Waals surface area contributed by atoms with Gasteiger partial charge in [0.25, 0.3) is 0 Å². The van der Waals surface area contributed by atoms with Crippen molar-refractivity contribution in [2.24, 2.45) is 4.99 Å². The highest BCUT2D eigenvalue weighted by molar-refractivity contribution is 7.92. The molecule has 4 heteroatoms. The van der Waals surface area contributed by atoms with Gasteiger partial charge in [0.05, 0.1) is 15.5 Å². The molecule has 0 spiro atoms. The Morgan fingerprint density at radius 3 is 1.63 bits per heavy atom. The molecule has 252 valence electrons. The number of allylic oxidation sites excluding steroid dienone is 1. The summed E-state index contributed by atoms with van der Waals surface area (Å²) < 4.78 is 28.2. The van der Waals surface area contributed by atoms with Gasteiger partial charge in [-0.05, 0) is 69.6 Å². The molecule has 0 N–H and O–H groups in total. The Kier molecular flexibility index (Phi) is 8.84. The number of benzene rings is 7. The van der Waals surface area contributed by atoms with E-state index in [0.717, 1.165) is 61.5 Å². The van der Waals surface area contributed by atoms with E-state index in [1.54, 1.807) is 12.1 Å². The Labute approximate surface area is 306 Å². The summed E-state index contributed by atoms with van der Waals surface area (Å²) in [5, 5.41) is 0. The molecule has 7 aromatic rings. The van der Waals surface area contributed by atoms with E-state index in [0.29, 0.717) is 20.9 Å². The van der Waals surface area contributed by atoms with Gasteiger partial charge in [-0.2, -0.15) is 0 Å². The van der Waals surface area contributed by atoms with Gasteiger partial charge in [0.1, 0.15) is 0 Å². The van der Waals surface area contributed by atoms with E-state index >= 15 is 0 Å². The molecular formula is C48H37NO2S. The van der Waals surface area contributed by atoms with E-state index in [-0.39, 0.29) is 5.92 Å². The van der Waals surface area contributed by atoms with Crippen LogP contribution < -0.4 is 0 Å². The lowest BCUT2D eigenvalue weighted by Gasteiger charge is -2.15. The third-order valence-electron chi connectivity index (χ3n) is 9.89. The summed E-state index contributed by atoms with van der Waals surface area (Å²) in [5.74, 6) is 0.0241. The van der Waals surface area contributed by atoms with Crippen LogP contribution in [0, 0.1) is 0 Å². The van der Waals surface area contributed by atoms with E-state index in [9.17, 15) is 8.42 Å². The third-order valence-corrected chi connectivity index (χ3v) is 11.7. The molecule has 1 aliphatic heterocycles. The second-order valence-electron chi connectivity index (χ2n) is 13.2. The SMILES string of the molecule is CC(=N/C(=C\C(C)c1ccccc1)c1cccc2c1-c1cc(-c3ccc(-c4ccccc4)cc3)ccc1S2(=O)=O)c1ccc(-c2ccccc2)cc1. The zero-order valence-corrected chi connectivity index (χ0v) is 29.9. The summed E-state index contributed by atoms with van der Waals surface area (Å²) in [7, 11) is -3.73. The number of hydrogen-bond acceptors (Lipinski definition) is 3. The fourth-order valence-corrected chi connectivity index (χ4v) is 8.73. The van der Waals surface area contributed by atoms with E-state index in [1.165, 1.54) is 0 Å². The maximum absolute atomic E-state index is 14.1. The second kappa shape index (κ2) is 13.9. The maximum atomic E-state index is 14.1. The van der Waals surface area contributed by atoms with Gasteiger partial charge in [0, 0.05) is 28.3 Å². The fourth-order valence-electron chi connectivity index (χ4n) is 7.05. The van der Waals surface area contributed by atoms with E-state index in [1.807, 2.05) is 85.8 Å². The average molecular weight is 692 g/mol. The molecular weight excluding hydrogens is 655 g/mol. The lowest BCUT2D eigenvalue weighted by atomic mass is 9.92. The molecule has 52 heavy (non-hydrogen) atoms. The Balaban J connectivity index is 1.24.